The van der Waals surface area contributed by atoms with Crippen LogP contribution in [-0.4, -0.2) is 60.0 Å². The number of aryl methyl sites for hydroxylation is 2. The first-order valence-electron chi connectivity index (χ1n) is 11.2. The van der Waals surface area contributed by atoms with Crippen LogP contribution in [0.25, 0.3) is 10.3 Å². The molecule has 162 valence electrons. The summed E-state index contributed by atoms with van der Waals surface area (Å²) in [7, 11) is 0. The first-order chi connectivity index (χ1) is 15.1. The Labute approximate surface area is 187 Å². The minimum absolute atomic E-state index is 0.0565. The van der Waals surface area contributed by atoms with Gasteiger partial charge in [-0.1, -0.05) is 23.5 Å². The number of pyridine rings is 1. The molecule has 1 amide bonds. The Balaban J connectivity index is 1.23. The van der Waals surface area contributed by atoms with Crippen LogP contribution in [0, 0.1) is 19.8 Å². The number of amides is 1. The average Bonchev–Trinajstić information content (AvgIpc) is 3.25. The Morgan fingerprint density at radius 3 is 2.71 bits per heavy atom. The molecule has 0 bridgehead atoms. The molecule has 1 aromatic carbocycles. The van der Waals surface area contributed by atoms with Gasteiger partial charge in [0.25, 0.3) is 0 Å². The predicted molar refractivity (Wildman–Crippen MR) is 127 cm³/mol. The van der Waals surface area contributed by atoms with E-state index in [1.807, 2.05) is 18.3 Å². The minimum atomic E-state index is 0.0565. The van der Waals surface area contributed by atoms with Gasteiger partial charge in [0.05, 0.1) is 5.92 Å². The predicted octanol–water partition coefficient (Wildman–Crippen LogP) is 3.87. The molecule has 4 heterocycles. The summed E-state index contributed by atoms with van der Waals surface area (Å²) in [6.45, 7) is 9.42. The van der Waals surface area contributed by atoms with Crippen molar-refractivity contribution >= 4 is 38.4 Å². The van der Waals surface area contributed by atoms with Crippen LogP contribution in [0.2, 0.25) is 0 Å². The Hall–Kier alpha value is -2.67. The third kappa shape index (κ3) is 4.11. The number of rotatable bonds is 3. The number of piperidine rings is 1. The van der Waals surface area contributed by atoms with Gasteiger partial charge in [0.15, 0.2) is 5.13 Å². The van der Waals surface area contributed by atoms with Gasteiger partial charge < -0.3 is 14.7 Å². The third-order valence-corrected chi connectivity index (χ3v) is 7.53. The molecule has 0 spiro atoms. The van der Waals surface area contributed by atoms with Crippen LogP contribution in [-0.2, 0) is 4.79 Å². The van der Waals surface area contributed by atoms with Crippen LogP contribution in [0.3, 0.4) is 0 Å². The highest BCUT2D eigenvalue weighted by Gasteiger charge is 2.32. The van der Waals surface area contributed by atoms with Crippen LogP contribution in [0.15, 0.2) is 36.5 Å². The zero-order valence-electron chi connectivity index (χ0n) is 18.3. The first kappa shape index (κ1) is 20.2. The van der Waals surface area contributed by atoms with Gasteiger partial charge in [-0.25, -0.2) is 9.97 Å². The summed E-state index contributed by atoms with van der Waals surface area (Å²) in [4.78, 5) is 30.2. The van der Waals surface area contributed by atoms with Crippen LogP contribution in [0.5, 0.6) is 0 Å². The van der Waals surface area contributed by atoms with Crippen molar-refractivity contribution in [3.63, 3.8) is 0 Å². The summed E-state index contributed by atoms with van der Waals surface area (Å²) in [6, 6.07) is 10.5. The Morgan fingerprint density at radius 2 is 1.90 bits per heavy atom. The van der Waals surface area contributed by atoms with Crippen molar-refractivity contribution in [3.8, 4) is 0 Å². The van der Waals surface area contributed by atoms with Crippen LogP contribution in [0.4, 0.5) is 10.8 Å². The van der Waals surface area contributed by atoms with Crippen molar-refractivity contribution in [1.29, 1.82) is 0 Å². The summed E-state index contributed by atoms with van der Waals surface area (Å²) in [5.41, 5.74) is 4.84. The molecule has 0 radical (unpaired) electrons. The van der Waals surface area contributed by atoms with E-state index < -0.39 is 0 Å². The SMILES string of the molecule is Cc1ccc(C)c(N2CCN(C(=O)C3CCCN(c4nc5cccnc5s4)C3)CC2)c1. The molecule has 7 heteroatoms. The summed E-state index contributed by atoms with van der Waals surface area (Å²) in [5, 5.41) is 0.992. The van der Waals surface area contributed by atoms with Gasteiger partial charge >= 0.3 is 0 Å². The highest BCUT2D eigenvalue weighted by Crippen LogP contribution is 2.31. The molecule has 2 aromatic heterocycles. The summed E-state index contributed by atoms with van der Waals surface area (Å²) >= 11 is 1.63. The second-order valence-electron chi connectivity index (χ2n) is 8.71. The van der Waals surface area contributed by atoms with Gasteiger partial charge in [-0.2, -0.15) is 0 Å². The molecule has 5 rings (SSSR count). The maximum absolute atomic E-state index is 13.3. The van der Waals surface area contributed by atoms with Gasteiger partial charge in [-0.15, -0.1) is 0 Å². The van der Waals surface area contributed by atoms with Crippen molar-refractivity contribution in [2.24, 2.45) is 5.92 Å². The third-order valence-electron chi connectivity index (χ3n) is 6.49. The van der Waals surface area contributed by atoms with E-state index in [2.05, 4.69) is 51.7 Å². The smallest absolute Gasteiger partial charge is 0.227 e. The highest BCUT2D eigenvalue weighted by molar-refractivity contribution is 7.21. The van der Waals surface area contributed by atoms with Crippen LogP contribution < -0.4 is 9.80 Å². The standard InChI is InChI=1S/C24H29N5OS/c1-17-7-8-18(2)21(15-17)27-11-13-28(14-12-27)23(30)19-5-4-10-29(16-19)24-26-20-6-3-9-25-22(20)31-24/h3,6-9,15,19H,4-5,10-14,16H2,1-2H3. The lowest BCUT2D eigenvalue weighted by atomic mass is 9.96. The average molecular weight is 436 g/mol. The molecular formula is C24H29N5OS. The number of anilines is 2. The fourth-order valence-electron chi connectivity index (χ4n) is 4.73. The molecule has 0 N–H and O–H groups in total. The second kappa shape index (κ2) is 8.46. The lowest BCUT2D eigenvalue weighted by molar-refractivity contribution is -0.136. The van der Waals surface area contributed by atoms with Gasteiger partial charge in [0.2, 0.25) is 5.91 Å². The largest absolute Gasteiger partial charge is 0.368 e. The Bertz CT molecular complexity index is 1060. The minimum Gasteiger partial charge on any atom is -0.368 e. The molecule has 1 unspecified atom stereocenters. The molecule has 0 saturated carbocycles. The number of hydrogen-bond acceptors (Lipinski definition) is 6. The maximum atomic E-state index is 13.3. The van der Waals surface area contributed by atoms with Gasteiger partial charge in [-0.3, -0.25) is 4.79 Å². The fourth-order valence-corrected chi connectivity index (χ4v) is 5.68. The van der Waals surface area contributed by atoms with E-state index in [-0.39, 0.29) is 5.92 Å². The maximum Gasteiger partial charge on any atom is 0.227 e. The highest BCUT2D eigenvalue weighted by atomic mass is 32.1. The number of hydrogen-bond donors (Lipinski definition) is 0. The molecule has 1 atom stereocenters. The van der Waals surface area contributed by atoms with E-state index >= 15 is 0 Å². The number of benzene rings is 1. The van der Waals surface area contributed by atoms with Crippen molar-refractivity contribution < 1.29 is 4.79 Å². The van der Waals surface area contributed by atoms with Crippen LogP contribution in [0.1, 0.15) is 24.0 Å². The van der Waals surface area contributed by atoms with Crippen molar-refractivity contribution in [1.82, 2.24) is 14.9 Å². The number of carbonyl (C=O) groups excluding carboxylic acids is 1. The van der Waals surface area contributed by atoms with Gasteiger partial charge in [0.1, 0.15) is 10.3 Å². The summed E-state index contributed by atoms with van der Waals surface area (Å²) < 4.78 is 0. The zero-order valence-corrected chi connectivity index (χ0v) is 19.1. The molecule has 2 fully saturated rings. The molecule has 2 saturated heterocycles. The molecule has 31 heavy (non-hydrogen) atoms. The number of nitrogens with zero attached hydrogens (tertiary/aromatic N) is 5. The lowest BCUT2D eigenvalue weighted by Crippen LogP contribution is -2.52. The first-order valence-corrected chi connectivity index (χ1v) is 12.0. The topological polar surface area (TPSA) is 52.6 Å². The molecular weight excluding hydrogens is 406 g/mol. The zero-order chi connectivity index (χ0) is 21.4. The number of thiazole rings is 1. The normalized spacial score (nSPS) is 19.8. The molecule has 0 aliphatic carbocycles. The molecule has 6 nitrogen and oxygen atoms in total. The number of carbonyl (C=O) groups is 1. The van der Waals surface area contributed by atoms with E-state index in [1.165, 1.54) is 16.8 Å². The lowest BCUT2D eigenvalue weighted by Gasteiger charge is -2.40. The summed E-state index contributed by atoms with van der Waals surface area (Å²) in [6.07, 6.45) is 3.81. The molecule has 2 aliphatic heterocycles. The van der Waals surface area contributed by atoms with Crippen molar-refractivity contribution in [2.75, 3.05) is 49.1 Å². The quantitative estimate of drug-likeness (QED) is 0.625. The Morgan fingerprint density at radius 1 is 1.06 bits per heavy atom. The van der Waals surface area contributed by atoms with E-state index in [9.17, 15) is 4.79 Å². The summed E-state index contributed by atoms with van der Waals surface area (Å²) in [5.74, 6) is 0.366. The molecule has 2 aliphatic rings. The number of fused-ring (bicyclic) bond motifs is 1. The second-order valence-corrected chi connectivity index (χ2v) is 9.67. The van der Waals surface area contributed by atoms with E-state index in [4.69, 9.17) is 4.98 Å². The van der Waals surface area contributed by atoms with Crippen molar-refractivity contribution in [2.45, 2.75) is 26.7 Å². The van der Waals surface area contributed by atoms with Gasteiger partial charge in [0, 0.05) is 51.2 Å². The molecule has 3 aromatic rings. The Kier molecular flexibility index (Phi) is 5.52. The fraction of sp³-hybridized carbons (Fsp3) is 0.458. The van der Waals surface area contributed by atoms with E-state index in [0.29, 0.717) is 5.91 Å². The number of piperazine rings is 1. The monoisotopic (exact) mass is 435 g/mol. The van der Waals surface area contributed by atoms with Crippen molar-refractivity contribution in [3.05, 3.63) is 47.7 Å². The van der Waals surface area contributed by atoms with Gasteiger partial charge in [-0.05, 0) is 56.0 Å². The van der Waals surface area contributed by atoms with Crippen LogP contribution >= 0.6 is 11.3 Å². The van der Waals surface area contributed by atoms with E-state index in [0.717, 1.165) is 67.6 Å². The number of aromatic nitrogens is 2. The van der Waals surface area contributed by atoms with E-state index in [1.54, 1.807) is 11.3 Å².